The zero-order valence-electron chi connectivity index (χ0n) is 17.4. The predicted molar refractivity (Wildman–Crippen MR) is 110 cm³/mol. The van der Waals surface area contributed by atoms with Crippen molar-refractivity contribution >= 4 is 17.5 Å². The molecule has 1 heterocycles. The highest BCUT2D eigenvalue weighted by Gasteiger charge is 2.35. The van der Waals surface area contributed by atoms with Crippen molar-refractivity contribution in [2.75, 3.05) is 28.3 Å². The number of phenolic OH excluding ortho intramolecular Hbond substituents is 3. The number of rotatable bonds is 2. The predicted octanol–water partition coefficient (Wildman–Crippen LogP) is 3.26. The summed E-state index contributed by atoms with van der Waals surface area (Å²) in [4.78, 5) is 13.9. The lowest BCUT2D eigenvalue weighted by Gasteiger charge is -2.16. The molecule has 1 aliphatic heterocycles. The van der Waals surface area contributed by atoms with Gasteiger partial charge >= 0.3 is 0 Å². The number of methoxy groups -OCH3 is 1. The van der Waals surface area contributed by atoms with E-state index in [2.05, 4.69) is 4.74 Å². The Bertz CT molecular complexity index is 905. The van der Waals surface area contributed by atoms with Crippen LogP contribution in [-0.4, -0.2) is 64.7 Å². The molecule has 0 atom stereocenters. The van der Waals surface area contributed by atoms with Crippen molar-refractivity contribution in [3.05, 3.63) is 51.3 Å². The van der Waals surface area contributed by atoms with Crippen LogP contribution in [-0.2, 0) is 17.8 Å². The molecule has 8 nitrogen and oxygen atoms in total. The van der Waals surface area contributed by atoms with Crippen molar-refractivity contribution in [1.29, 1.82) is 0 Å². The van der Waals surface area contributed by atoms with E-state index < -0.39 is 29.0 Å². The Morgan fingerprint density at radius 3 is 2.20 bits per heavy atom. The van der Waals surface area contributed by atoms with Gasteiger partial charge in [-0.2, -0.15) is 5.06 Å². The van der Waals surface area contributed by atoms with Crippen LogP contribution in [0.5, 0.6) is 17.2 Å². The third-order valence-electron chi connectivity index (χ3n) is 4.00. The first-order chi connectivity index (χ1) is 14.0. The first-order valence-electron chi connectivity index (χ1n) is 8.72. The SMILES string of the molecule is CN(C)O.COC.Cc1c(O)c(O)c(O)c2c1CN(Cc1ccc(F)c(Cl)c1)C2=O. The van der Waals surface area contributed by atoms with Gasteiger partial charge in [-0.25, -0.2) is 4.39 Å². The van der Waals surface area contributed by atoms with Crippen LogP contribution in [0.1, 0.15) is 27.0 Å². The van der Waals surface area contributed by atoms with Gasteiger partial charge in [0, 0.05) is 47.0 Å². The number of phenols is 3. The molecule has 4 N–H and O–H groups in total. The molecule has 0 fully saturated rings. The van der Waals surface area contributed by atoms with E-state index in [1.807, 2.05) is 0 Å². The number of amides is 1. The molecule has 0 saturated heterocycles. The standard InChI is InChI=1S/C16H13ClFNO4.C2H7NO.C2H6O/c1-7-9-6-19(5-8-2-3-11(18)10(17)4-8)16(23)12(9)14(21)15(22)13(7)20;1-3(2)4;1-3-2/h2-4,20-22H,5-6H2,1H3;4H,1-2H3;1-2H3. The van der Waals surface area contributed by atoms with Crippen LogP contribution in [0.15, 0.2) is 18.2 Å². The van der Waals surface area contributed by atoms with Crippen molar-refractivity contribution in [3.63, 3.8) is 0 Å². The molecule has 0 spiro atoms. The van der Waals surface area contributed by atoms with Crippen LogP contribution >= 0.6 is 11.6 Å². The first kappa shape index (κ1) is 25.4. The zero-order valence-corrected chi connectivity index (χ0v) is 18.2. The zero-order chi connectivity index (χ0) is 23.2. The third kappa shape index (κ3) is 5.96. The quantitative estimate of drug-likeness (QED) is 0.415. The summed E-state index contributed by atoms with van der Waals surface area (Å²) in [6, 6.07) is 4.15. The Morgan fingerprint density at radius 1 is 1.17 bits per heavy atom. The number of halogens is 2. The fourth-order valence-electron chi connectivity index (χ4n) is 2.72. The van der Waals surface area contributed by atoms with E-state index in [1.54, 1.807) is 35.2 Å². The minimum atomic E-state index is -0.707. The highest BCUT2D eigenvalue weighted by Crippen LogP contribution is 2.46. The van der Waals surface area contributed by atoms with Gasteiger partial charge in [0.15, 0.2) is 11.5 Å². The summed E-state index contributed by atoms with van der Waals surface area (Å²) in [5, 5.41) is 38.2. The average molecular weight is 445 g/mol. The first-order valence-corrected chi connectivity index (χ1v) is 9.09. The molecule has 0 aliphatic carbocycles. The Balaban J connectivity index is 0.000000564. The minimum Gasteiger partial charge on any atom is -0.504 e. The summed E-state index contributed by atoms with van der Waals surface area (Å²) >= 11 is 5.73. The number of hydrogen-bond acceptors (Lipinski definition) is 7. The Hall–Kier alpha value is -2.59. The van der Waals surface area contributed by atoms with Crippen molar-refractivity contribution in [2.45, 2.75) is 20.0 Å². The highest BCUT2D eigenvalue weighted by molar-refractivity contribution is 6.30. The molecule has 1 amide bonds. The lowest BCUT2D eigenvalue weighted by Crippen LogP contribution is -2.23. The molecule has 0 bridgehead atoms. The fraction of sp³-hybridized carbons (Fsp3) is 0.350. The fourth-order valence-corrected chi connectivity index (χ4v) is 2.92. The van der Waals surface area contributed by atoms with Crippen LogP contribution in [0.4, 0.5) is 4.39 Å². The number of ether oxygens (including phenoxy) is 1. The van der Waals surface area contributed by atoms with Crippen LogP contribution in [0.3, 0.4) is 0 Å². The third-order valence-corrected chi connectivity index (χ3v) is 4.29. The van der Waals surface area contributed by atoms with Gasteiger partial charge in [-0.05, 0) is 30.2 Å². The van der Waals surface area contributed by atoms with Crippen molar-refractivity contribution in [3.8, 4) is 17.2 Å². The van der Waals surface area contributed by atoms with Crippen LogP contribution < -0.4 is 0 Å². The van der Waals surface area contributed by atoms with E-state index in [-0.39, 0.29) is 23.7 Å². The Labute approximate surface area is 179 Å². The molecule has 0 radical (unpaired) electrons. The van der Waals surface area contributed by atoms with Crippen LogP contribution in [0, 0.1) is 12.7 Å². The maximum Gasteiger partial charge on any atom is 0.258 e. The number of carbonyl (C=O) groups is 1. The normalized spacial score (nSPS) is 12.2. The summed E-state index contributed by atoms with van der Waals surface area (Å²) in [6.45, 7) is 1.88. The molecule has 2 aromatic carbocycles. The monoisotopic (exact) mass is 444 g/mol. The number of hydroxylamine groups is 2. The van der Waals surface area contributed by atoms with Crippen molar-refractivity contribution < 1.29 is 34.4 Å². The number of carbonyl (C=O) groups excluding carboxylic acids is 1. The second-order valence-electron chi connectivity index (χ2n) is 6.69. The Kier molecular flexibility index (Phi) is 9.31. The lowest BCUT2D eigenvalue weighted by atomic mass is 10.0. The molecule has 10 heteroatoms. The van der Waals surface area contributed by atoms with Gasteiger partial charge in [-0.15, -0.1) is 0 Å². The molecule has 2 aromatic rings. The summed E-state index contributed by atoms with van der Waals surface area (Å²) < 4.78 is 17.4. The second kappa shape index (κ2) is 11.0. The van der Waals surface area contributed by atoms with E-state index in [4.69, 9.17) is 16.8 Å². The van der Waals surface area contributed by atoms with E-state index >= 15 is 0 Å². The van der Waals surface area contributed by atoms with E-state index in [0.29, 0.717) is 16.7 Å². The van der Waals surface area contributed by atoms with Gasteiger partial charge in [-0.1, -0.05) is 17.7 Å². The minimum absolute atomic E-state index is 0.0222. The maximum absolute atomic E-state index is 13.2. The van der Waals surface area contributed by atoms with Crippen LogP contribution in [0.2, 0.25) is 5.02 Å². The van der Waals surface area contributed by atoms with Gasteiger partial charge in [-0.3, -0.25) is 4.79 Å². The molecule has 30 heavy (non-hydrogen) atoms. The summed E-state index contributed by atoms with van der Waals surface area (Å²) in [5.41, 5.74) is 1.40. The highest BCUT2D eigenvalue weighted by atomic mass is 35.5. The molecule has 0 unspecified atom stereocenters. The van der Waals surface area contributed by atoms with Gasteiger partial charge in [0.2, 0.25) is 5.75 Å². The van der Waals surface area contributed by atoms with Crippen molar-refractivity contribution in [2.24, 2.45) is 0 Å². The molecule has 0 saturated carbocycles. The van der Waals surface area contributed by atoms with Gasteiger partial charge in [0.05, 0.1) is 10.6 Å². The second-order valence-corrected chi connectivity index (χ2v) is 7.10. The molecular weight excluding hydrogens is 419 g/mol. The van der Waals surface area contributed by atoms with Gasteiger partial charge in [0.25, 0.3) is 5.91 Å². The number of nitrogens with zero attached hydrogens (tertiary/aromatic N) is 2. The molecule has 0 aromatic heterocycles. The molecule has 3 rings (SSSR count). The molecule has 1 aliphatic rings. The average Bonchev–Trinajstić information content (AvgIpc) is 2.98. The van der Waals surface area contributed by atoms with E-state index in [9.17, 15) is 24.5 Å². The van der Waals surface area contributed by atoms with Crippen molar-refractivity contribution in [1.82, 2.24) is 9.96 Å². The number of hydrogen-bond donors (Lipinski definition) is 4. The Morgan fingerprint density at radius 2 is 1.70 bits per heavy atom. The topological polar surface area (TPSA) is 114 Å². The number of fused-ring (bicyclic) bond motifs is 1. The summed E-state index contributed by atoms with van der Waals surface area (Å²) in [5.74, 6) is -2.80. The largest absolute Gasteiger partial charge is 0.504 e. The lowest BCUT2D eigenvalue weighted by molar-refractivity contribution is -0.0372. The van der Waals surface area contributed by atoms with E-state index in [1.165, 1.54) is 23.1 Å². The molecular formula is C20H26ClFN2O6. The smallest absolute Gasteiger partial charge is 0.258 e. The van der Waals surface area contributed by atoms with Crippen LogP contribution in [0.25, 0.3) is 0 Å². The number of aromatic hydroxyl groups is 3. The van der Waals surface area contributed by atoms with Gasteiger partial charge < -0.3 is 30.2 Å². The summed E-state index contributed by atoms with van der Waals surface area (Å²) in [7, 11) is 6.36. The van der Waals surface area contributed by atoms with Gasteiger partial charge in [0.1, 0.15) is 5.82 Å². The molecule has 166 valence electrons. The maximum atomic E-state index is 13.2. The summed E-state index contributed by atoms with van der Waals surface area (Å²) in [6.07, 6.45) is 0. The van der Waals surface area contributed by atoms with E-state index in [0.717, 1.165) is 5.06 Å². The number of benzene rings is 2.